The van der Waals surface area contributed by atoms with Crippen molar-refractivity contribution in [3.63, 3.8) is 0 Å². The molecule has 1 saturated carbocycles. The summed E-state index contributed by atoms with van der Waals surface area (Å²) in [5, 5.41) is 4.70. The quantitative estimate of drug-likeness (QED) is 0.604. The molecule has 1 fully saturated rings. The fourth-order valence-corrected chi connectivity index (χ4v) is 1.98. The predicted octanol–water partition coefficient (Wildman–Crippen LogP) is 1.44. The van der Waals surface area contributed by atoms with Crippen molar-refractivity contribution < 1.29 is 19.1 Å². The third-order valence-electron chi connectivity index (χ3n) is 2.56. The molecule has 2 rings (SSSR count). The first-order chi connectivity index (χ1) is 9.54. The topological polar surface area (TPSA) is 84.5 Å². The van der Waals surface area contributed by atoms with Crippen molar-refractivity contribution in [1.29, 1.82) is 0 Å². The maximum absolute atomic E-state index is 11.7. The Bertz CT molecular complexity index is 543. The molecule has 7 heteroatoms. The number of imide groups is 1. The molecule has 1 aromatic carbocycles. The van der Waals surface area contributed by atoms with Gasteiger partial charge in [-0.25, -0.2) is 9.59 Å². The number of halogens is 1. The number of amides is 3. The molecular formula is C13H13IN2O4. The van der Waals surface area contributed by atoms with Crippen molar-refractivity contribution in [2.45, 2.75) is 18.9 Å². The van der Waals surface area contributed by atoms with Gasteiger partial charge < -0.3 is 10.1 Å². The van der Waals surface area contributed by atoms with E-state index in [1.54, 1.807) is 18.2 Å². The van der Waals surface area contributed by atoms with Crippen LogP contribution >= 0.6 is 22.6 Å². The second kappa shape index (κ2) is 6.69. The van der Waals surface area contributed by atoms with Crippen LogP contribution < -0.4 is 10.6 Å². The summed E-state index contributed by atoms with van der Waals surface area (Å²) < 4.78 is 5.73. The zero-order valence-electron chi connectivity index (χ0n) is 10.5. The smallest absolute Gasteiger partial charge is 0.338 e. The lowest BCUT2D eigenvalue weighted by Crippen LogP contribution is -2.42. The molecule has 0 saturated heterocycles. The highest BCUT2D eigenvalue weighted by molar-refractivity contribution is 14.1. The Kier molecular flexibility index (Phi) is 4.94. The predicted molar refractivity (Wildman–Crippen MR) is 79.1 cm³/mol. The van der Waals surface area contributed by atoms with E-state index in [-0.39, 0.29) is 6.04 Å². The Morgan fingerprint density at radius 2 is 2.05 bits per heavy atom. The summed E-state index contributed by atoms with van der Waals surface area (Å²) in [6.45, 7) is -0.484. The van der Waals surface area contributed by atoms with Crippen LogP contribution in [0.25, 0.3) is 0 Å². The average molecular weight is 388 g/mol. The number of benzene rings is 1. The molecule has 1 aromatic rings. The second-order valence-corrected chi connectivity index (χ2v) is 5.63. The zero-order chi connectivity index (χ0) is 14.5. The van der Waals surface area contributed by atoms with Crippen LogP contribution in [-0.2, 0) is 9.53 Å². The molecule has 0 atom stereocenters. The van der Waals surface area contributed by atoms with Gasteiger partial charge in [0.15, 0.2) is 6.61 Å². The fourth-order valence-electron chi connectivity index (χ4n) is 1.44. The number of nitrogens with one attached hydrogen (secondary N) is 2. The number of ether oxygens (including phenoxy) is 1. The van der Waals surface area contributed by atoms with E-state index in [4.69, 9.17) is 4.74 Å². The number of esters is 1. The number of carbonyl (C=O) groups is 3. The normalized spacial score (nSPS) is 13.4. The van der Waals surface area contributed by atoms with Crippen LogP contribution in [0.3, 0.4) is 0 Å². The van der Waals surface area contributed by atoms with Crippen molar-refractivity contribution in [2.75, 3.05) is 6.61 Å². The van der Waals surface area contributed by atoms with Crippen molar-refractivity contribution in [2.24, 2.45) is 0 Å². The van der Waals surface area contributed by atoms with Gasteiger partial charge in [-0.2, -0.15) is 0 Å². The summed E-state index contributed by atoms with van der Waals surface area (Å²) in [7, 11) is 0. The standard InChI is InChI=1S/C13H13IN2O4/c14-9-3-1-2-8(6-9)12(18)20-7-11(17)16-13(19)15-10-4-5-10/h1-3,6,10H,4-5,7H2,(H2,15,16,17,19). The van der Waals surface area contributed by atoms with Crippen LogP contribution in [0, 0.1) is 3.57 Å². The molecule has 0 radical (unpaired) electrons. The van der Waals surface area contributed by atoms with Gasteiger partial charge in [0.25, 0.3) is 5.91 Å². The van der Waals surface area contributed by atoms with Gasteiger partial charge in [-0.1, -0.05) is 6.07 Å². The van der Waals surface area contributed by atoms with Crippen LogP contribution in [0.5, 0.6) is 0 Å². The van der Waals surface area contributed by atoms with Crippen molar-refractivity contribution in [3.05, 3.63) is 33.4 Å². The minimum absolute atomic E-state index is 0.164. The van der Waals surface area contributed by atoms with Crippen LogP contribution in [0.15, 0.2) is 24.3 Å². The van der Waals surface area contributed by atoms with E-state index in [2.05, 4.69) is 33.2 Å². The lowest BCUT2D eigenvalue weighted by molar-refractivity contribution is -0.123. The van der Waals surface area contributed by atoms with Crippen molar-refractivity contribution >= 4 is 40.5 Å². The first-order valence-corrected chi connectivity index (χ1v) is 7.15. The van der Waals surface area contributed by atoms with Gasteiger partial charge in [-0.15, -0.1) is 0 Å². The molecule has 20 heavy (non-hydrogen) atoms. The molecule has 0 aromatic heterocycles. The van der Waals surface area contributed by atoms with E-state index in [0.717, 1.165) is 16.4 Å². The Morgan fingerprint density at radius 1 is 1.30 bits per heavy atom. The van der Waals surface area contributed by atoms with Gasteiger partial charge in [0, 0.05) is 9.61 Å². The molecule has 2 N–H and O–H groups in total. The fraction of sp³-hybridized carbons (Fsp3) is 0.308. The van der Waals surface area contributed by atoms with E-state index < -0.39 is 24.5 Å². The Labute approximate surface area is 129 Å². The van der Waals surface area contributed by atoms with E-state index >= 15 is 0 Å². The monoisotopic (exact) mass is 388 g/mol. The minimum atomic E-state index is -0.651. The molecule has 106 valence electrons. The van der Waals surface area contributed by atoms with Gasteiger partial charge in [0.2, 0.25) is 0 Å². The summed E-state index contributed by atoms with van der Waals surface area (Å²) >= 11 is 2.07. The Balaban J connectivity index is 1.74. The maximum Gasteiger partial charge on any atom is 0.338 e. The summed E-state index contributed by atoms with van der Waals surface area (Å²) in [6, 6.07) is 6.43. The highest BCUT2D eigenvalue weighted by Gasteiger charge is 2.24. The van der Waals surface area contributed by atoms with Gasteiger partial charge in [0.1, 0.15) is 0 Å². The van der Waals surface area contributed by atoms with Crippen LogP contribution in [0.4, 0.5) is 4.79 Å². The lowest BCUT2D eigenvalue weighted by Gasteiger charge is -2.06. The first kappa shape index (κ1) is 14.8. The second-order valence-electron chi connectivity index (χ2n) is 4.38. The van der Waals surface area contributed by atoms with E-state index in [9.17, 15) is 14.4 Å². The SMILES string of the molecule is O=C(COC(=O)c1cccc(I)c1)NC(=O)NC1CC1. The number of carbonyl (C=O) groups excluding carboxylic acids is 3. The van der Waals surface area contributed by atoms with Crippen molar-refractivity contribution in [1.82, 2.24) is 10.6 Å². The zero-order valence-corrected chi connectivity index (χ0v) is 12.7. The molecule has 1 aliphatic carbocycles. The maximum atomic E-state index is 11.7. The molecule has 0 aliphatic heterocycles. The molecule has 1 aliphatic rings. The van der Waals surface area contributed by atoms with Crippen LogP contribution in [-0.4, -0.2) is 30.6 Å². The number of rotatable bonds is 4. The summed E-state index contributed by atoms with van der Waals surface area (Å²) in [5.74, 6) is -1.25. The molecular weight excluding hydrogens is 375 g/mol. The van der Waals surface area contributed by atoms with E-state index in [1.165, 1.54) is 0 Å². The van der Waals surface area contributed by atoms with Gasteiger partial charge in [-0.05, 0) is 53.6 Å². The Morgan fingerprint density at radius 3 is 2.70 bits per heavy atom. The van der Waals surface area contributed by atoms with Gasteiger partial charge in [-0.3, -0.25) is 10.1 Å². The van der Waals surface area contributed by atoms with Crippen LogP contribution in [0.1, 0.15) is 23.2 Å². The van der Waals surface area contributed by atoms with Crippen molar-refractivity contribution in [3.8, 4) is 0 Å². The third kappa shape index (κ3) is 4.80. The highest BCUT2D eigenvalue weighted by atomic mass is 127. The number of urea groups is 1. The molecule has 0 bridgehead atoms. The van der Waals surface area contributed by atoms with E-state index in [0.29, 0.717) is 5.56 Å². The highest BCUT2D eigenvalue weighted by Crippen LogP contribution is 2.18. The van der Waals surface area contributed by atoms with Gasteiger partial charge in [0.05, 0.1) is 5.56 Å². The summed E-state index contributed by atoms with van der Waals surface area (Å²) in [6.07, 6.45) is 1.87. The lowest BCUT2D eigenvalue weighted by atomic mass is 10.2. The molecule has 0 heterocycles. The molecule has 0 spiro atoms. The summed E-state index contributed by atoms with van der Waals surface area (Å²) in [4.78, 5) is 34.4. The third-order valence-corrected chi connectivity index (χ3v) is 3.23. The van der Waals surface area contributed by atoms with Crippen LogP contribution in [0.2, 0.25) is 0 Å². The first-order valence-electron chi connectivity index (χ1n) is 6.07. The average Bonchev–Trinajstić information content (AvgIpc) is 3.19. The van der Waals surface area contributed by atoms with Gasteiger partial charge >= 0.3 is 12.0 Å². The summed E-state index contributed by atoms with van der Waals surface area (Å²) in [5.41, 5.74) is 0.368. The largest absolute Gasteiger partial charge is 0.452 e. The van der Waals surface area contributed by atoms with E-state index in [1.807, 2.05) is 6.07 Å². The number of hydrogen-bond acceptors (Lipinski definition) is 4. The number of hydrogen-bond donors (Lipinski definition) is 2. The molecule has 3 amide bonds. The molecule has 6 nitrogen and oxygen atoms in total. The minimum Gasteiger partial charge on any atom is -0.452 e. The Hall–Kier alpha value is -1.64. The molecule has 0 unspecified atom stereocenters.